The summed E-state index contributed by atoms with van der Waals surface area (Å²) in [5.74, 6) is -3.70. The summed E-state index contributed by atoms with van der Waals surface area (Å²) in [7, 11) is 0. The average Bonchev–Trinajstić information content (AvgIpc) is 3.59. The van der Waals surface area contributed by atoms with Gasteiger partial charge in [0, 0.05) is 23.8 Å². The molecule has 0 spiro atoms. The van der Waals surface area contributed by atoms with Gasteiger partial charge < -0.3 is 25.3 Å². The number of aromatic nitrogens is 1. The molecule has 3 N–H and O–H groups in total. The van der Waals surface area contributed by atoms with Gasteiger partial charge in [-0.2, -0.15) is 0 Å². The number of esters is 1. The van der Waals surface area contributed by atoms with Crippen LogP contribution in [-0.2, 0) is 9.53 Å². The second-order valence-electron chi connectivity index (χ2n) is 12.6. The van der Waals surface area contributed by atoms with Crippen LogP contribution < -0.4 is 26.1 Å². The van der Waals surface area contributed by atoms with Crippen LogP contribution >= 0.6 is 0 Å². The van der Waals surface area contributed by atoms with Crippen molar-refractivity contribution in [1.82, 2.24) is 9.88 Å². The molecule has 0 saturated heterocycles. The van der Waals surface area contributed by atoms with Gasteiger partial charge in [0.05, 0.1) is 12.2 Å². The Morgan fingerprint density at radius 2 is 1.60 bits per heavy atom. The third-order valence-corrected chi connectivity index (χ3v) is 8.32. The SMILES string of the molecule is CC(C)C[C@H](NCCCOc1ccccc1Oc1cc(F)c(-n2c(N)c(C(=O)c3ccc(F)cc3)ccc2=O)c(F)c1)C(=O)OC1CCCC1. The van der Waals surface area contributed by atoms with Gasteiger partial charge in [-0.1, -0.05) is 26.0 Å². The highest BCUT2D eigenvalue weighted by Gasteiger charge is 2.26. The normalized spacial score (nSPS) is 13.7. The second kappa shape index (κ2) is 16.5. The van der Waals surface area contributed by atoms with E-state index in [4.69, 9.17) is 19.9 Å². The Morgan fingerprint density at radius 3 is 2.26 bits per heavy atom. The molecule has 1 heterocycles. The predicted molar refractivity (Wildman–Crippen MR) is 182 cm³/mol. The summed E-state index contributed by atoms with van der Waals surface area (Å²) in [5, 5.41) is 3.29. The van der Waals surface area contributed by atoms with Crippen LogP contribution in [-0.4, -0.2) is 41.6 Å². The Hall–Kier alpha value is -5.10. The number of benzene rings is 3. The quantitative estimate of drug-likeness (QED) is 0.0768. The van der Waals surface area contributed by atoms with E-state index in [-0.39, 0.29) is 41.3 Å². The summed E-state index contributed by atoms with van der Waals surface area (Å²) >= 11 is 0. The van der Waals surface area contributed by atoms with Crippen molar-refractivity contribution in [3.8, 4) is 22.9 Å². The number of hydrogen-bond acceptors (Lipinski definition) is 8. The fourth-order valence-electron chi connectivity index (χ4n) is 5.85. The topological polar surface area (TPSA) is 122 Å². The van der Waals surface area contributed by atoms with Crippen molar-refractivity contribution in [2.45, 2.75) is 64.5 Å². The lowest BCUT2D eigenvalue weighted by Gasteiger charge is -2.22. The summed E-state index contributed by atoms with van der Waals surface area (Å²) in [6.45, 7) is 4.86. The van der Waals surface area contributed by atoms with Gasteiger partial charge in [-0.3, -0.25) is 19.0 Å². The van der Waals surface area contributed by atoms with Crippen LogP contribution in [0.3, 0.4) is 0 Å². The van der Waals surface area contributed by atoms with Crippen molar-refractivity contribution in [2.75, 3.05) is 18.9 Å². The van der Waals surface area contributed by atoms with E-state index in [0.717, 1.165) is 62.1 Å². The smallest absolute Gasteiger partial charge is 0.323 e. The van der Waals surface area contributed by atoms with E-state index >= 15 is 8.78 Å². The number of halogens is 3. The van der Waals surface area contributed by atoms with Gasteiger partial charge in [0.15, 0.2) is 28.9 Å². The molecule has 9 nitrogen and oxygen atoms in total. The van der Waals surface area contributed by atoms with E-state index in [0.29, 0.717) is 35.6 Å². The molecule has 1 aliphatic rings. The van der Waals surface area contributed by atoms with Gasteiger partial charge >= 0.3 is 5.97 Å². The van der Waals surface area contributed by atoms with Gasteiger partial charge in [0.1, 0.15) is 35.2 Å². The zero-order valence-electron chi connectivity index (χ0n) is 27.9. The molecule has 12 heteroatoms. The van der Waals surface area contributed by atoms with Crippen molar-refractivity contribution >= 4 is 17.6 Å². The van der Waals surface area contributed by atoms with Crippen LogP contribution in [0.15, 0.2) is 77.6 Å². The number of nitrogens with one attached hydrogen (secondary N) is 1. The molecule has 0 radical (unpaired) electrons. The molecule has 0 unspecified atom stereocenters. The molecule has 3 aromatic carbocycles. The molecular formula is C38H40F3N3O6. The number of nitrogens with two attached hydrogens (primary N) is 1. The van der Waals surface area contributed by atoms with Crippen molar-refractivity contribution in [1.29, 1.82) is 0 Å². The van der Waals surface area contributed by atoms with E-state index < -0.39 is 46.3 Å². The lowest BCUT2D eigenvalue weighted by molar-refractivity contribution is -0.151. The van der Waals surface area contributed by atoms with Crippen LogP contribution in [0.25, 0.3) is 5.69 Å². The van der Waals surface area contributed by atoms with E-state index in [2.05, 4.69) is 19.2 Å². The number of para-hydroxylation sites is 2. The third kappa shape index (κ3) is 8.92. The van der Waals surface area contributed by atoms with Crippen molar-refractivity contribution in [2.24, 2.45) is 5.92 Å². The number of nitrogens with zero attached hydrogens (tertiary/aromatic N) is 1. The molecule has 0 aliphatic heterocycles. The van der Waals surface area contributed by atoms with Crippen LogP contribution in [0.4, 0.5) is 19.0 Å². The lowest BCUT2D eigenvalue weighted by atomic mass is 10.0. The highest BCUT2D eigenvalue weighted by molar-refractivity contribution is 6.11. The fraction of sp³-hybridized carbons (Fsp3) is 0.342. The number of carbonyl (C=O) groups excluding carboxylic acids is 2. The summed E-state index contributed by atoms with van der Waals surface area (Å²) in [6.07, 6.45) is 5.16. The maximum Gasteiger partial charge on any atom is 0.323 e. The number of nitrogen functional groups attached to an aromatic ring is 1. The summed E-state index contributed by atoms with van der Waals surface area (Å²) < 4.78 is 62.4. The van der Waals surface area contributed by atoms with E-state index in [1.54, 1.807) is 24.3 Å². The van der Waals surface area contributed by atoms with Crippen molar-refractivity contribution in [3.63, 3.8) is 0 Å². The molecule has 0 bridgehead atoms. The first-order valence-electron chi connectivity index (χ1n) is 16.7. The van der Waals surface area contributed by atoms with Gasteiger partial charge in [0.25, 0.3) is 5.56 Å². The standard InChI is InChI=1S/C38H40F3N3O6/c1-23(2)20-31(38(47)50-26-8-3-4-9-26)43-18-7-19-48-32-10-5-6-11-33(32)49-27-21-29(40)35(30(41)22-27)44-34(45)17-16-28(37(44)42)36(46)24-12-14-25(39)15-13-24/h5-6,10-17,21-23,26,31,43H,3-4,7-9,18-20,42H2,1-2H3/t31-/m0/s1. The Kier molecular flexibility index (Phi) is 12.0. The highest BCUT2D eigenvalue weighted by Crippen LogP contribution is 2.34. The van der Waals surface area contributed by atoms with E-state index in [1.807, 2.05) is 0 Å². The zero-order valence-corrected chi connectivity index (χ0v) is 27.9. The van der Waals surface area contributed by atoms with Gasteiger partial charge in [-0.05, 0) is 93.5 Å². The largest absolute Gasteiger partial charge is 0.490 e. The lowest BCUT2D eigenvalue weighted by Crippen LogP contribution is -2.41. The van der Waals surface area contributed by atoms with E-state index in [1.165, 1.54) is 12.1 Å². The minimum atomic E-state index is -1.17. The molecule has 1 atom stereocenters. The van der Waals surface area contributed by atoms with Crippen molar-refractivity contribution in [3.05, 3.63) is 112 Å². The summed E-state index contributed by atoms with van der Waals surface area (Å²) in [5.41, 5.74) is 4.31. The minimum Gasteiger partial charge on any atom is -0.490 e. The first-order chi connectivity index (χ1) is 24.0. The molecule has 1 saturated carbocycles. The zero-order chi connectivity index (χ0) is 35.8. The molecule has 264 valence electrons. The molecule has 1 aromatic heterocycles. The number of anilines is 1. The van der Waals surface area contributed by atoms with Gasteiger partial charge in [0.2, 0.25) is 0 Å². The average molecular weight is 692 g/mol. The summed E-state index contributed by atoms with van der Waals surface area (Å²) in [6, 6.07) is 14.7. The number of rotatable bonds is 15. The first kappa shape index (κ1) is 36.2. The molecule has 1 fully saturated rings. The maximum atomic E-state index is 15.5. The minimum absolute atomic E-state index is 0.00565. The Balaban J connectivity index is 1.25. The predicted octanol–water partition coefficient (Wildman–Crippen LogP) is 7.12. The highest BCUT2D eigenvalue weighted by atomic mass is 19.1. The summed E-state index contributed by atoms with van der Waals surface area (Å²) in [4.78, 5) is 38.6. The first-order valence-corrected chi connectivity index (χ1v) is 16.7. The molecule has 1 aliphatic carbocycles. The molecule has 4 aromatic rings. The Labute approximate surface area is 288 Å². The molecule has 5 rings (SSSR count). The molecule has 0 amide bonds. The second-order valence-corrected chi connectivity index (χ2v) is 12.6. The van der Waals surface area contributed by atoms with Gasteiger partial charge in [-0.15, -0.1) is 0 Å². The number of pyridine rings is 1. The Bertz CT molecular complexity index is 1850. The third-order valence-electron chi connectivity index (χ3n) is 8.32. The monoisotopic (exact) mass is 691 g/mol. The Morgan fingerprint density at radius 1 is 0.940 bits per heavy atom. The maximum absolute atomic E-state index is 15.5. The van der Waals surface area contributed by atoms with Crippen LogP contribution in [0.2, 0.25) is 0 Å². The number of hydrogen-bond donors (Lipinski definition) is 2. The van der Waals surface area contributed by atoms with Crippen LogP contribution in [0.1, 0.15) is 68.3 Å². The molecule has 50 heavy (non-hydrogen) atoms. The number of ketones is 1. The number of carbonyl (C=O) groups is 2. The fourth-order valence-corrected chi connectivity index (χ4v) is 5.85. The van der Waals surface area contributed by atoms with Gasteiger partial charge in [-0.25, -0.2) is 13.2 Å². The molecular weight excluding hydrogens is 651 g/mol. The van der Waals surface area contributed by atoms with Crippen LogP contribution in [0.5, 0.6) is 17.2 Å². The van der Waals surface area contributed by atoms with Crippen LogP contribution in [0, 0.1) is 23.4 Å². The van der Waals surface area contributed by atoms with E-state index in [9.17, 15) is 18.8 Å². The van der Waals surface area contributed by atoms with Crippen molar-refractivity contribution < 1.29 is 37.0 Å². The number of ether oxygens (including phenoxy) is 3.